The number of thioether (sulfide) groups is 1. The van der Waals surface area contributed by atoms with Crippen LogP contribution in [0.3, 0.4) is 0 Å². The van der Waals surface area contributed by atoms with E-state index in [4.69, 9.17) is 10.2 Å². The largest absolute Gasteiger partial charge is 0.481 e. The van der Waals surface area contributed by atoms with Gasteiger partial charge in [0.1, 0.15) is 6.42 Å². The summed E-state index contributed by atoms with van der Waals surface area (Å²) in [5.41, 5.74) is 4.54. The molecule has 17 heavy (non-hydrogen) atoms. The highest BCUT2D eigenvalue weighted by Crippen LogP contribution is 2.35. The van der Waals surface area contributed by atoms with Crippen LogP contribution in [0.25, 0.3) is 0 Å². The monoisotopic (exact) mass is 258 g/mol. The molecule has 0 saturated heterocycles. The smallest absolute Gasteiger partial charge is 0.314 e. The first kappa shape index (κ1) is 15.8. The zero-order valence-corrected chi connectivity index (χ0v) is 11.3. The molecule has 0 radical (unpaired) electrons. The molecular formula is C12H18O4S. The third kappa shape index (κ3) is 6.16. The number of carbonyl (C=O) groups is 2. The minimum atomic E-state index is -1.31. The lowest BCUT2D eigenvalue weighted by Gasteiger charge is -2.00. The van der Waals surface area contributed by atoms with Gasteiger partial charge in [-0.05, 0) is 43.7 Å². The van der Waals surface area contributed by atoms with Crippen LogP contribution in [-0.2, 0) is 9.59 Å². The number of carboxylic acids is 2. The molecule has 1 aliphatic rings. The van der Waals surface area contributed by atoms with E-state index in [1.54, 1.807) is 5.57 Å². The van der Waals surface area contributed by atoms with Crippen molar-refractivity contribution in [2.24, 2.45) is 0 Å². The molecule has 1 aliphatic heterocycles. The van der Waals surface area contributed by atoms with Gasteiger partial charge in [0.25, 0.3) is 0 Å². The molecule has 0 amide bonds. The van der Waals surface area contributed by atoms with E-state index >= 15 is 0 Å². The van der Waals surface area contributed by atoms with Crippen LogP contribution in [-0.4, -0.2) is 27.9 Å². The van der Waals surface area contributed by atoms with Crippen LogP contribution in [0, 0.1) is 0 Å². The molecule has 0 aromatic rings. The molecule has 5 heteroatoms. The minimum Gasteiger partial charge on any atom is -0.481 e. The van der Waals surface area contributed by atoms with E-state index in [1.807, 2.05) is 11.8 Å². The SMILES string of the molecule is CC(C)=C1CSC(C)=C1C.O=C(O)CC(=O)O. The Labute approximate surface area is 105 Å². The molecule has 0 spiro atoms. The third-order valence-electron chi connectivity index (χ3n) is 2.32. The maximum absolute atomic E-state index is 9.43. The molecule has 96 valence electrons. The molecule has 1 heterocycles. The second-order valence-corrected chi connectivity index (χ2v) is 5.10. The highest BCUT2D eigenvalue weighted by molar-refractivity contribution is 8.03. The first-order valence-corrected chi connectivity index (χ1v) is 6.14. The van der Waals surface area contributed by atoms with E-state index in [0.717, 1.165) is 0 Å². The van der Waals surface area contributed by atoms with Crippen molar-refractivity contribution in [2.75, 3.05) is 5.75 Å². The second kappa shape index (κ2) is 7.17. The fourth-order valence-electron chi connectivity index (χ4n) is 1.26. The molecule has 0 aromatic heterocycles. The van der Waals surface area contributed by atoms with Gasteiger partial charge >= 0.3 is 11.9 Å². The summed E-state index contributed by atoms with van der Waals surface area (Å²) >= 11 is 1.96. The molecule has 0 unspecified atom stereocenters. The Morgan fingerprint density at radius 3 is 1.76 bits per heavy atom. The van der Waals surface area contributed by atoms with Crippen LogP contribution in [0.15, 0.2) is 21.6 Å². The first-order valence-electron chi connectivity index (χ1n) is 5.16. The standard InChI is InChI=1S/C9H14S.C3H4O4/c1-6(2)9-5-10-8(4)7(9)3;4-2(5)1-3(6)7/h5H2,1-4H3;1H2,(H,4,5)(H,6,7). The van der Waals surface area contributed by atoms with Crippen molar-refractivity contribution in [3.63, 3.8) is 0 Å². The molecule has 0 bridgehead atoms. The summed E-state index contributed by atoms with van der Waals surface area (Å²) in [5.74, 6) is -1.43. The third-order valence-corrected chi connectivity index (χ3v) is 3.49. The van der Waals surface area contributed by atoms with Crippen LogP contribution < -0.4 is 0 Å². The summed E-state index contributed by atoms with van der Waals surface area (Å²) in [6.45, 7) is 8.81. The van der Waals surface area contributed by atoms with Crippen molar-refractivity contribution in [1.29, 1.82) is 0 Å². The molecule has 2 N–H and O–H groups in total. The van der Waals surface area contributed by atoms with E-state index in [2.05, 4.69) is 27.7 Å². The van der Waals surface area contributed by atoms with Gasteiger partial charge in [0, 0.05) is 5.75 Å². The average molecular weight is 258 g/mol. The fraction of sp³-hybridized carbons (Fsp3) is 0.500. The normalized spacial score (nSPS) is 14.2. The maximum atomic E-state index is 9.43. The number of aliphatic carboxylic acids is 2. The Kier molecular flexibility index (Phi) is 6.65. The van der Waals surface area contributed by atoms with Gasteiger partial charge < -0.3 is 10.2 Å². The fourth-order valence-corrected chi connectivity index (χ4v) is 2.46. The zero-order chi connectivity index (χ0) is 13.6. The van der Waals surface area contributed by atoms with Crippen LogP contribution in [0.1, 0.15) is 34.1 Å². The number of carboxylic acid groups (broad SMARTS) is 2. The van der Waals surface area contributed by atoms with Crippen LogP contribution in [0.4, 0.5) is 0 Å². The molecule has 1 rings (SSSR count). The summed E-state index contributed by atoms with van der Waals surface area (Å²) in [6.07, 6.45) is -0.806. The Hall–Kier alpha value is -1.23. The number of hydrogen-bond acceptors (Lipinski definition) is 3. The maximum Gasteiger partial charge on any atom is 0.314 e. The highest BCUT2D eigenvalue weighted by atomic mass is 32.2. The van der Waals surface area contributed by atoms with E-state index in [9.17, 15) is 9.59 Å². The first-order chi connectivity index (χ1) is 7.75. The van der Waals surface area contributed by atoms with Crippen LogP contribution in [0.5, 0.6) is 0 Å². The highest BCUT2D eigenvalue weighted by Gasteiger charge is 2.13. The molecule has 4 nitrogen and oxygen atoms in total. The van der Waals surface area contributed by atoms with E-state index in [0.29, 0.717) is 0 Å². The van der Waals surface area contributed by atoms with Crippen molar-refractivity contribution in [3.8, 4) is 0 Å². The summed E-state index contributed by atoms with van der Waals surface area (Å²) in [5, 5.41) is 15.4. The Morgan fingerprint density at radius 1 is 1.18 bits per heavy atom. The summed E-state index contributed by atoms with van der Waals surface area (Å²) < 4.78 is 0. The number of allylic oxidation sites excluding steroid dienone is 3. The van der Waals surface area contributed by atoms with Crippen molar-refractivity contribution in [1.82, 2.24) is 0 Å². The van der Waals surface area contributed by atoms with Gasteiger partial charge in [0.2, 0.25) is 0 Å². The van der Waals surface area contributed by atoms with Crippen molar-refractivity contribution in [3.05, 3.63) is 21.6 Å². The lowest BCUT2D eigenvalue weighted by atomic mass is 10.1. The lowest BCUT2D eigenvalue weighted by molar-refractivity contribution is -0.147. The van der Waals surface area contributed by atoms with Crippen molar-refractivity contribution < 1.29 is 19.8 Å². The van der Waals surface area contributed by atoms with E-state index in [1.165, 1.54) is 21.8 Å². The van der Waals surface area contributed by atoms with E-state index < -0.39 is 18.4 Å². The molecule has 0 aliphatic carbocycles. The minimum absolute atomic E-state index is 0.806. The van der Waals surface area contributed by atoms with Gasteiger partial charge in [-0.2, -0.15) is 0 Å². The van der Waals surface area contributed by atoms with Gasteiger partial charge in [-0.15, -0.1) is 11.8 Å². The summed E-state index contributed by atoms with van der Waals surface area (Å²) in [7, 11) is 0. The molecule has 0 saturated carbocycles. The van der Waals surface area contributed by atoms with Gasteiger partial charge in [-0.1, -0.05) is 5.57 Å². The van der Waals surface area contributed by atoms with E-state index in [-0.39, 0.29) is 0 Å². The number of rotatable bonds is 2. The van der Waals surface area contributed by atoms with Gasteiger partial charge in [0.15, 0.2) is 0 Å². The van der Waals surface area contributed by atoms with Gasteiger partial charge in [0.05, 0.1) is 0 Å². The molecule has 0 aromatic carbocycles. The Balaban J connectivity index is 0.000000325. The van der Waals surface area contributed by atoms with Crippen LogP contribution in [0.2, 0.25) is 0 Å². The average Bonchev–Trinajstić information content (AvgIpc) is 2.46. The Morgan fingerprint density at radius 2 is 1.65 bits per heavy atom. The van der Waals surface area contributed by atoms with Crippen molar-refractivity contribution in [2.45, 2.75) is 34.1 Å². The lowest BCUT2D eigenvalue weighted by Crippen LogP contribution is -2.03. The van der Waals surface area contributed by atoms with Gasteiger partial charge in [-0.3, -0.25) is 9.59 Å². The summed E-state index contributed by atoms with van der Waals surface area (Å²) in [4.78, 5) is 20.4. The summed E-state index contributed by atoms with van der Waals surface area (Å²) in [6, 6.07) is 0. The molecular weight excluding hydrogens is 240 g/mol. The second-order valence-electron chi connectivity index (χ2n) is 3.91. The number of hydrogen-bond donors (Lipinski definition) is 2. The molecule has 0 atom stereocenters. The predicted octanol–water partition coefficient (Wildman–Crippen LogP) is 2.91. The van der Waals surface area contributed by atoms with Gasteiger partial charge in [-0.25, -0.2) is 0 Å². The zero-order valence-electron chi connectivity index (χ0n) is 10.5. The topological polar surface area (TPSA) is 74.6 Å². The predicted molar refractivity (Wildman–Crippen MR) is 69.1 cm³/mol. The quantitative estimate of drug-likeness (QED) is 0.745. The van der Waals surface area contributed by atoms with Crippen LogP contribution >= 0.6 is 11.8 Å². The molecule has 0 fully saturated rings. The Bertz CT molecular complexity index is 364. The van der Waals surface area contributed by atoms with Crippen molar-refractivity contribution >= 4 is 23.7 Å².